The molecule has 16 heavy (non-hydrogen) atoms. The van der Waals surface area contributed by atoms with E-state index in [-0.39, 0.29) is 5.12 Å². The number of hydrogen-bond donors (Lipinski definition) is 0. The standard InChI is InChI=1S/C11H13N3OS/c1-3-9-4-11(5-9)14-6-10(12-13-14)7-16-8(2)15/h1,6,9,11H,4-5,7H2,2H3. The van der Waals surface area contributed by atoms with E-state index in [4.69, 9.17) is 6.42 Å². The zero-order valence-electron chi connectivity index (χ0n) is 9.09. The monoisotopic (exact) mass is 235 g/mol. The Morgan fingerprint density at radius 3 is 3.12 bits per heavy atom. The highest BCUT2D eigenvalue weighted by atomic mass is 32.2. The molecule has 0 atom stereocenters. The molecule has 0 unspecified atom stereocenters. The van der Waals surface area contributed by atoms with Gasteiger partial charge < -0.3 is 0 Å². The second-order valence-corrected chi connectivity index (χ2v) is 5.11. The molecule has 0 N–H and O–H groups in total. The second-order valence-electron chi connectivity index (χ2n) is 3.96. The van der Waals surface area contributed by atoms with Crippen LogP contribution in [0.3, 0.4) is 0 Å². The number of aromatic nitrogens is 3. The first-order valence-corrected chi connectivity index (χ1v) is 6.18. The van der Waals surface area contributed by atoms with E-state index >= 15 is 0 Å². The van der Waals surface area contributed by atoms with Gasteiger partial charge in [0.25, 0.3) is 0 Å². The van der Waals surface area contributed by atoms with Gasteiger partial charge in [0.2, 0.25) is 0 Å². The van der Waals surface area contributed by atoms with Crippen LogP contribution >= 0.6 is 11.8 Å². The van der Waals surface area contributed by atoms with Crippen LogP contribution in [0.1, 0.15) is 31.5 Å². The van der Waals surface area contributed by atoms with Gasteiger partial charge in [-0.2, -0.15) is 0 Å². The smallest absolute Gasteiger partial charge is 0.186 e. The summed E-state index contributed by atoms with van der Waals surface area (Å²) in [5.74, 6) is 3.73. The van der Waals surface area contributed by atoms with Crippen LogP contribution in [0.15, 0.2) is 6.20 Å². The molecule has 1 aliphatic rings. The highest BCUT2D eigenvalue weighted by Crippen LogP contribution is 2.36. The van der Waals surface area contributed by atoms with Gasteiger partial charge in [-0.05, 0) is 12.8 Å². The van der Waals surface area contributed by atoms with Gasteiger partial charge in [0.15, 0.2) is 5.12 Å². The number of terminal acetylenes is 1. The Labute approximate surface area is 98.8 Å². The van der Waals surface area contributed by atoms with Crippen molar-refractivity contribution in [1.29, 1.82) is 0 Å². The summed E-state index contributed by atoms with van der Waals surface area (Å²) < 4.78 is 1.86. The van der Waals surface area contributed by atoms with E-state index in [0.29, 0.717) is 17.7 Å². The number of thioether (sulfide) groups is 1. The Kier molecular flexibility index (Phi) is 3.30. The van der Waals surface area contributed by atoms with Crippen LogP contribution in [0.25, 0.3) is 0 Å². The van der Waals surface area contributed by atoms with Crippen molar-refractivity contribution in [3.05, 3.63) is 11.9 Å². The van der Waals surface area contributed by atoms with Crippen LogP contribution in [0.5, 0.6) is 0 Å². The first-order valence-electron chi connectivity index (χ1n) is 5.19. The van der Waals surface area contributed by atoms with E-state index in [1.54, 1.807) is 6.92 Å². The lowest BCUT2D eigenvalue weighted by Crippen LogP contribution is -2.26. The lowest BCUT2D eigenvalue weighted by atomic mass is 9.81. The molecule has 5 heteroatoms. The Hall–Kier alpha value is -1.28. The largest absolute Gasteiger partial charge is 0.288 e. The number of nitrogens with zero attached hydrogens (tertiary/aromatic N) is 3. The summed E-state index contributed by atoms with van der Waals surface area (Å²) in [6.45, 7) is 1.55. The minimum atomic E-state index is 0.102. The average Bonchev–Trinajstić information content (AvgIpc) is 2.62. The van der Waals surface area contributed by atoms with E-state index in [9.17, 15) is 4.79 Å². The zero-order valence-corrected chi connectivity index (χ0v) is 9.91. The fourth-order valence-electron chi connectivity index (χ4n) is 1.67. The number of hydrogen-bond acceptors (Lipinski definition) is 4. The van der Waals surface area contributed by atoms with Crippen molar-refractivity contribution in [1.82, 2.24) is 15.0 Å². The van der Waals surface area contributed by atoms with Gasteiger partial charge in [-0.15, -0.1) is 17.4 Å². The molecule has 0 amide bonds. The predicted octanol–water partition coefficient (Wildman–Crippen LogP) is 1.64. The number of carbonyl (C=O) groups is 1. The van der Waals surface area contributed by atoms with Gasteiger partial charge in [0, 0.05) is 24.8 Å². The predicted molar refractivity (Wildman–Crippen MR) is 62.6 cm³/mol. The molecule has 1 aliphatic carbocycles. The first-order chi connectivity index (χ1) is 7.69. The Morgan fingerprint density at radius 2 is 2.50 bits per heavy atom. The topological polar surface area (TPSA) is 47.8 Å². The highest BCUT2D eigenvalue weighted by molar-refractivity contribution is 8.12. The first kappa shape index (κ1) is 11.2. The maximum absolute atomic E-state index is 10.8. The van der Waals surface area contributed by atoms with Gasteiger partial charge in [-0.25, -0.2) is 4.68 Å². The fourth-order valence-corrected chi connectivity index (χ4v) is 2.16. The van der Waals surface area contributed by atoms with Crippen molar-refractivity contribution in [3.63, 3.8) is 0 Å². The van der Waals surface area contributed by atoms with E-state index < -0.39 is 0 Å². The molecule has 0 saturated heterocycles. The molecular formula is C11H13N3OS. The molecule has 84 valence electrons. The number of rotatable bonds is 3. The van der Waals surface area contributed by atoms with Crippen molar-refractivity contribution in [2.45, 2.75) is 31.6 Å². The molecule has 2 rings (SSSR count). The van der Waals surface area contributed by atoms with Crippen molar-refractivity contribution in [3.8, 4) is 12.3 Å². The molecule has 0 aromatic carbocycles. The fraction of sp³-hybridized carbons (Fsp3) is 0.545. The molecule has 1 aromatic rings. The number of carbonyl (C=O) groups excluding carboxylic acids is 1. The summed E-state index contributed by atoms with van der Waals surface area (Å²) in [7, 11) is 0. The molecule has 0 aliphatic heterocycles. The summed E-state index contributed by atoms with van der Waals surface area (Å²) in [4.78, 5) is 10.8. The summed E-state index contributed by atoms with van der Waals surface area (Å²) in [6, 6.07) is 0.393. The molecule has 1 saturated carbocycles. The van der Waals surface area contributed by atoms with Crippen molar-refractivity contribution in [2.24, 2.45) is 5.92 Å². The van der Waals surface area contributed by atoms with Crippen LogP contribution in [-0.2, 0) is 10.5 Å². The highest BCUT2D eigenvalue weighted by Gasteiger charge is 2.29. The van der Waals surface area contributed by atoms with Crippen LogP contribution in [-0.4, -0.2) is 20.1 Å². The quantitative estimate of drug-likeness (QED) is 0.747. The maximum atomic E-state index is 10.8. The second kappa shape index (κ2) is 4.71. The van der Waals surface area contributed by atoms with Gasteiger partial charge >= 0.3 is 0 Å². The third-order valence-corrected chi connectivity index (χ3v) is 3.55. The maximum Gasteiger partial charge on any atom is 0.186 e. The van der Waals surface area contributed by atoms with E-state index in [1.165, 1.54) is 11.8 Å². The van der Waals surface area contributed by atoms with Crippen LogP contribution in [0.4, 0.5) is 0 Å². The summed E-state index contributed by atoms with van der Waals surface area (Å²) in [5, 5.41) is 8.19. The average molecular weight is 235 g/mol. The van der Waals surface area contributed by atoms with Gasteiger partial charge in [0.1, 0.15) is 0 Å². The van der Waals surface area contributed by atoms with E-state index in [0.717, 1.165) is 18.5 Å². The third kappa shape index (κ3) is 2.45. The van der Waals surface area contributed by atoms with Crippen molar-refractivity contribution in [2.75, 3.05) is 0 Å². The molecule has 1 fully saturated rings. The van der Waals surface area contributed by atoms with Crippen molar-refractivity contribution < 1.29 is 4.79 Å². The molecule has 1 heterocycles. The molecular weight excluding hydrogens is 222 g/mol. The van der Waals surface area contributed by atoms with Gasteiger partial charge in [-0.1, -0.05) is 17.0 Å². The molecule has 4 nitrogen and oxygen atoms in total. The normalized spacial score (nSPS) is 23.5. The zero-order chi connectivity index (χ0) is 11.5. The van der Waals surface area contributed by atoms with Crippen LogP contribution in [0.2, 0.25) is 0 Å². The van der Waals surface area contributed by atoms with Crippen molar-refractivity contribution >= 4 is 16.9 Å². The SMILES string of the molecule is C#CC1CC(n2cc(CSC(C)=O)nn2)C1. The molecule has 1 aromatic heterocycles. The third-order valence-electron chi connectivity index (χ3n) is 2.70. The summed E-state index contributed by atoms with van der Waals surface area (Å²) >= 11 is 1.25. The molecule has 0 spiro atoms. The van der Waals surface area contributed by atoms with Gasteiger partial charge in [-0.3, -0.25) is 4.79 Å². The lowest BCUT2D eigenvalue weighted by Gasteiger charge is -2.31. The lowest BCUT2D eigenvalue weighted by molar-refractivity contribution is -0.109. The van der Waals surface area contributed by atoms with E-state index in [2.05, 4.69) is 16.2 Å². The summed E-state index contributed by atoms with van der Waals surface area (Å²) in [5.41, 5.74) is 0.851. The van der Waals surface area contributed by atoms with Crippen LogP contribution < -0.4 is 0 Å². The molecule has 0 radical (unpaired) electrons. The minimum Gasteiger partial charge on any atom is -0.288 e. The molecule has 0 bridgehead atoms. The van der Waals surface area contributed by atoms with Gasteiger partial charge in [0.05, 0.1) is 11.7 Å². The van der Waals surface area contributed by atoms with E-state index in [1.807, 2.05) is 10.9 Å². The van der Waals surface area contributed by atoms with Crippen LogP contribution in [0, 0.1) is 18.3 Å². The minimum absolute atomic E-state index is 0.102. The Morgan fingerprint density at radius 1 is 1.75 bits per heavy atom. The Balaban J connectivity index is 1.89. The Bertz CT molecular complexity index is 429. The summed E-state index contributed by atoms with van der Waals surface area (Å²) in [6.07, 6.45) is 9.20.